The third-order valence-electron chi connectivity index (χ3n) is 10.4. The number of ether oxygens (including phenoxy) is 10. The van der Waals surface area contributed by atoms with Gasteiger partial charge in [0, 0.05) is 55.4 Å². The van der Waals surface area contributed by atoms with E-state index >= 15 is 0 Å². The largest absolute Gasteiger partial charge is 0.478 e. The van der Waals surface area contributed by atoms with Crippen molar-refractivity contribution in [3.05, 3.63) is 0 Å². The van der Waals surface area contributed by atoms with E-state index in [0.717, 1.165) is 24.5 Å². The first-order valence-electron chi connectivity index (χ1n) is 23.1. The van der Waals surface area contributed by atoms with Gasteiger partial charge in [-0.2, -0.15) is 26.3 Å². The molecule has 0 aromatic rings. The molecule has 2 aliphatic rings. The Morgan fingerprint density at radius 3 is 1.06 bits per heavy atom. The van der Waals surface area contributed by atoms with E-state index in [-0.39, 0.29) is 0 Å². The molecule has 0 saturated carbocycles. The van der Waals surface area contributed by atoms with Gasteiger partial charge in [-0.1, -0.05) is 0 Å². The van der Waals surface area contributed by atoms with E-state index in [1.54, 1.807) is 0 Å². The van der Waals surface area contributed by atoms with Crippen LogP contribution in [0.4, 0.5) is 26.3 Å². The van der Waals surface area contributed by atoms with Gasteiger partial charge in [0.2, 0.25) is 11.8 Å². The first-order chi connectivity index (χ1) is 37.9. The molecule has 2 heterocycles. The molecule has 2 fully saturated rings. The molecule has 4 amide bonds. The van der Waals surface area contributed by atoms with Crippen molar-refractivity contribution < 1.29 is 170 Å². The number of hydrogen-bond acceptors (Lipinski definition) is 27. The molecule has 34 nitrogen and oxygen atoms in total. The maximum absolute atomic E-state index is 14.6. The fourth-order valence-corrected chi connectivity index (χ4v) is 8.78. The van der Waals surface area contributed by atoms with Crippen LogP contribution in [-0.4, -0.2) is 210 Å². The molecule has 0 aromatic heterocycles. The van der Waals surface area contributed by atoms with Crippen LogP contribution in [-0.2, 0) is 128 Å². The Kier molecular flexibility index (Phi) is 25.3. The smallest absolute Gasteiger partial charge is 0.477 e. The Morgan fingerprint density at radius 1 is 0.518 bits per heavy atom. The number of amides is 4. The summed E-state index contributed by atoms with van der Waals surface area (Å²) in [5.41, 5.74) is 0. The molecule has 2 unspecified atom stereocenters. The molecule has 41 heteroatoms. The minimum Gasteiger partial charge on any atom is -0.477 e. The van der Waals surface area contributed by atoms with Gasteiger partial charge in [-0.3, -0.25) is 57.5 Å². The Labute approximate surface area is 460 Å². The number of phosphoric acid groups is 1. The van der Waals surface area contributed by atoms with E-state index in [0.29, 0.717) is 41.5 Å². The lowest BCUT2D eigenvalue weighted by Gasteiger charge is -2.49. The first kappa shape index (κ1) is 71.3. The highest BCUT2D eigenvalue weighted by molar-refractivity contribution is 7.47. The summed E-state index contributed by atoms with van der Waals surface area (Å²) >= 11 is 0. The van der Waals surface area contributed by atoms with Gasteiger partial charge in [0.05, 0.1) is 38.0 Å². The number of hydrogen-bond donors (Lipinski definition) is 7. The van der Waals surface area contributed by atoms with E-state index in [1.165, 1.54) is 0 Å². The normalized spacial score (nSPS) is 24.5. The van der Waals surface area contributed by atoms with Crippen LogP contribution in [0.5, 0.6) is 0 Å². The molecule has 0 spiro atoms. The first-order valence-corrected chi connectivity index (χ1v) is 24.6. The number of halogens is 6. The second kappa shape index (κ2) is 29.4. The van der Waals surface area contributed by atoms with E-state index < -0.39 is 215 Å². The van der Waals surface area contributed by atoms with Crippen LogP contribution in [0.3, 0.4) is 0 Å². The van der Waals surface area contributed by atoms with Crippen molar-refractivity contribution in [1.29, 1.82) is 0 Å². The van der Waals surface area contributed by atoms with Crippen LogP contribution in [0.15, 0.2) is 0 Å². The molecule has 0 bridgehead atoms. The zero-order valence-corrected chi connectivity index (χ0v) is 45.0. The van der Waals surface area contributed by atoms with Crippen LogP contribution in [0, 0.1) is 0 Å². The molecule has 0 aliphatic carbocycles. The summed E-state index contributed by atoms with van der Waals surface area (Å²) in [6.45, 7) is -0.420. The number of rotatable bonds is 26. The van der Waals surface area contributed by atoms with E-state index in [2.05, 4.69) is 0 Å². The molecule has 0 radical (unpaired) electrons. The third kappa shape index (κ3) is 22.1. The minimum atomic E-state index is -6.97. The highest BCUT2D eigenvalue weighted by Crippen LogP contribution is 2.56. The zero-order chi connectivity index (χ0) is 63.9. The van der Waals surface area contributed by atoms with Crippen LogP contribution in [0.1, 0.15) is 68.2 Å². The van der Waals surface area contributed by atoms with Gasteiger partial charge in [-0.25, -0.2) is 23.2 Å². The summed E-state index contributed by atoms with van der Waals surface area (Å²) in [5.74, 6) is -33.5. The molecule has 468 valence electrons. The summed E-state index contributed by atoms with van der Waals surface area (Å²) in [6.07, 6.45) is -35.2. The SMILES string of the molecule is CC(=O)OC[C@@H](OC(C)=O)[C@@H](OC(C)=O)C1O[C@](OP(=O)(O)O[C@@]2(C(=O)O)C[C@H](OC(C)=O)[C@@H](NC(=O)CNC(=O)C(F)(F)F)C([C@H](OC(C)=O)[C@@H](COC(C)=O)OC(C)=O)O2)(C(=O)O)C[C@H](OC(C)=O)[C@H]1NC(=O)CNC(=O)C(F)(F)F. The van der Waals surface area contributed by atoms with E-state index in [1.807, 2.05) is 10.6 Å². The standard InChI is InChI=1S/C42H53F6N4O30P/c1-15(53)71-13-25(75-19(5)57)31(77-21(7)59)33-29(51-27(61)11-49-35(63)41(43,44)45)23(73-17(3)55)9-39(79-33,37(65)66)81-83(69,70)82-40(38(67)68)10-24(74-18(4)56)30(52-28(62)12-50-36(64)42(46,47)48)34(80-40)32(78-22(8)60)26(76-20(6)58)14-72-16(2)54/h23-26,29-34H,9-14H2,1-8H3,(H,49,63)(H,50,64)(H,51,61)(H,52,62)(H,65,66)(H,67,68)(H,69,70)/t23-,24-,25+,26+,29+,30+,31+,32+,33?,34?,39+,40+/m0/s1. The average molecular weight is 1240 g/mol. The lowest BCUT2D eigenvalue weighted by atomic mass is 9.88. The number of esters is 8. The lowest BCUT2D eigenvalue weighted by Crippen LogP contribution is -2.70. The van der Waals surface area contributed by atoms with Crippen molar-refractivity contribution in [2.24, 2.45) is 0 Å². The molecule has 2 aliphatic heterocycles. The monoisotopic (exact) mass is 1240 g/mol. The number of carbonyl (C=O) groups is 14. The number of aliphatic carboxylic acids is 2. The molecule has 83 heavy (non-hydrogen) atoms. The molecule has 0 aromatic carbocycles. The number of nitrogens with one attached hydrogen (secondary N) is 4. The Bertz CT molecular complexity index is 2400. The topological polar surface area (TPSA) is 476 Å². The molecule has 2 rings (SSSR count). The van der Waals surface area contributed by atoms with Gasteiger partial charge in [0.1, 0.15) is 37.6 Å². The summed E-state index contributed by atoms with van der Waals surface area (Å²) in [6, 6.07) is -4.82. The van der Waals surface area contributed by atoms with Crippen LogP contribution in [0.2, 0.25) is 0 Å². The number of phosphoric ester groups is 1. The second-order valence-electron chi connectivity index (χ2n) is 17.2. The van der Waals surface area contributed by atoms with Crippen LogP contribution < -0.4 is 21.3 Å². The van der Waals surface area contributed by atoms with Gasteiger partial charge >= 0.3 is 91.7 Å². The van der Waals surface area contributed by atoms with Gasteiger partial charge in [-0.15, -0.1) is 0 Å². The maximum Gasteiger partial charge on any atom is 0.478 e. The number of alkyl halides is 6. The third-order valence-corrected chi connectivity index (χ3v) is 11.5. The lowest BCUT2D eigenvalue weighted by molar-refractivity contribution is -0.308. The summed E-state index contributed by atoms with van der Waals surface area (Å²) in [7, 11) is -6.97. The second-order valence-corrected chi connectivity index (χ2v) is 18.5. The highest BCUT2D eigenvalue weighted by atomic mass is 31.2. The van der Waals surface area contributed by atoms with E-state index in [9.17, 15) is 113 Å². The van der Waals surface area contributed by atoms with Gasteiger partial charge in [0.15, 0.2) is 24.4 Å². The zero-order valence-electron chi connectivity index (χ0n) is 44.1. The van der Waals surface area contributed by atoms with Crippen molar-refractivity contribution in [1.82, 2.24) is 21.3 Å². The molecule has 2 saturated heterocycles. The Morgan fingerprint density at radius 2 is 0.819 bits per heavy atom. The van der Waals surface area contributed by atoms with Gasteiger partial charge in [-0.05, 0) is 0 Å². The summed E-state index contributed by atoms with van der Waals surface area (Å²) in [5, 5.41) is 27.9. The van der Waals surface area contributed by atoms with Crippen molar-refractivity contribution in [2.75, 3.05) is 26.3 Å². The van der Waals surface area contributed by atoms with Gasteiger partial charge in [0.25, 0.3) is 11.6 Å². The van der Waals surface area contributed by atoms with Crippen molar-refractivity contribution >= 4 is 91.1 Å². The predicted molar refractivity (Wildman–Crippen MR) is 240 cm³/mol. The van der Waals surface area contributed by atoms with E-state index in [4.69, 9.17) is 56.4 Å². The van der Waals surface area contributed by atoms with Crippen LogP contribution >= 0.6 is 7.82 Å². The molecule has 12 atom stereocenters. The number of carboxylic acid groups (broad SMARTS) is 2. The van der Waals surface area contributed by atoms with Crippen molar-refractivity contribution in [2.45, 2.75) is 153 Å². The molecular formula is C42H53F6N4O30P. The maximum atomic E-state index is 14.6. The minimum absolute atomic E-state index is 0.588. The number of carboxylic acids is 2. The van der Waals surface area contributed by atoms with Crippen LogP contribution in [0.25, 0.3) is 0 Å². The van der Waals surface area contributed by atoms with Crippen molar-refractivity contribution in [3.63, 3.8) is 0 Å². The van der Waals surface area contributed by atoms with Gasteiger partial charge < -0.3 is 83.7 Å². The Hall–Kier alpha value is -7.81. The Balaban J connectivity index is 3.13. The van der Waals surface area contributed by atoms with Crippen molar-refractivity contribution in [3.8, 4) is 0 Å². The summed E-state index contributed by atoms with van der Waals surface area (Å²) < 4.78 is 155. The fourth-order valence-electron chi connectivity index (χ4n) is 7.61. The quantitative estimate of drug-likeness (QED) is 0.0201. The fraction of sp³-hybridized carbons (Fsp3) is 0.667. The average Bonchev–Trinajstić information content (AvgIpc) is 3.38. The summed E-state index contributed by atoms with van der Waals surface area (Å²) in [4.78, 5) is 188. The molecule has 7 N–H and O–H groups in total. The highest BCUT2D eigenvalue weighted by Gasteiger charge is 2.65. The predicted octanol–water partition coefficient (Wildman–Crippen LogP) is -2.70. The number of carbonyl (C=O) groups excluding carboxylic acids is 12. The molecular weight excluding hydrogens is 1190 g/mol.